The molecule has 0 saturated heterocycles. The third kappa shape index (κ3) is 5.73. The van der Waals surface area contributed by atoms with Crippen LogP contribution in [0.25, 0.3) is 10.9 Å². The molecule has 0 radical (unpaired) electrons. The predicted octanol–water partition coefficient (Wildman–Crippen LogP) is 4.53. The normalized spacial score (nSPS) is 12.2. The number of H-pyrrole nitrogens is 1. The van der Waals surface area contributed by atoms with E-state index in [-0.39, 0.29) is 16.8 Å². The van der Waals surface area contributed by atoms with Crippen LogP contribution in [0.3, 0.4) is 0 Å². The van der Waals surface area contributed by atoms with Gasteiger partial charge in [0.05, 0.1) is 4.90 Å². The Hall–Kier alpha value is -3.43. The van der Waals surface area contributed by atoms with Crippen molar-refractivity contribution in [3.8, 4) is 0 Å². The molecule has 2 heterocycles. The van der Waals surface area contributed by atoms with Crippen molar-refractivity contribution in [2.24, 2.45) is 4.99 Å². The van der Waals surface area contributed by atoms with Crippen LogP contribution in [0.2, 0.25) is 5.02 Å². The molecule has 34 heavy (non-hydrogen) atoms. The largest absolute Gasteiger partial charge is 0.361 e. The van der Waals surface area contributed by atoms with Crippen molar-refractivity contribution in [1.82, 2.24) is 19.7 Å². The molecule has 176 valence electrons. The number of aromatic amines is 1. The van der Waals surface area contributed by atoms with Crippen LogP contribution in [-0.2, 0) is 16.4 Å². The lowest BCUT2D eigenvalue weighted by Crippen LogP contribution is -2.37. The van der Waals surface area contributed by atoms with Crippen LogP contribution < -0.4 is 10.0 Å². The maximum Gasteiger partial charge on any atom is 0.264 e. The Balaban J connectivity index is 1.60. The molecule has 4 aromatic rings. The summed E-state index contributed by atoms with van der Waals surface area (Å²) in [6, 6.07) is 14.1. The summed E-state index contributed by atoms with van der Waals surface area (Å²) in [5.74, 6) is 0.310. The van der Waals surface area contributed by atoms with Gasteiger partial charge in [-0.3, -0.25) is 10.3 Å². The van der Waals surface area contributed by atoms with Crippen LogP contribution in [0.4, 0.5) is 5.95 Å². The lowest BCUT2D eigenvalue weighted by atomic mass is 10.1. The fourth-order valence-electron chi connectivity index (χ4n) is 3.53. The Bertz CT molecular complexity index is 1440. The van der Waals surface area contributed by atoms with Crippen LogP contribution in [-0.4, -0.2) is 35.9 Å². The first-order valence-corrected chi connectivity index (χ1v) is 12.5. The Morgan fingerprint density at radius 1 is 1.03 bits per heavy atom. The third-order valence-electron chi connectivity index (χ3n) is 5.16. The van der Waals surface area contributed by atoms with E-state index in [0.29, 0.717) is 18.0 Å². The number of nitrogens with zero attached hydrogens (tertiary/aromatic N) is 3. The van der Waals surface area contributed by atoms with Crippen molar-refractivity contribution in [2.45, 2.75) is 32.1 Å². The smallest absolute Gasteiger partial charge is 0.264 e. The number of fused-ring (bicyclic) bond motifs is 1. The molecular formula is C24H25ClN6O2S. The third-order valence-corrected chi connectivity index (χ3v) is 6.75. The number of guanidine groups is 1. The first-order valence-electron chi connectivity index (χ1n) is 10.7. The summed E-state index contributed by atoms with van der Waals surface area (Å²) in [5, 5.41) is 4.59. The van der Waals surface area contributed by atoms with Crippen LogP contribution in [0, 0.1) is 20.8 Å². The molecule has 0 atom stereocenters. The number of hydrogen-bond acceptors (Lipinski definition) is 5. The van der Waals surface area contributed by atoms with E-state index in [9.17, 15) is 8.42 Å². The zero-order valence-electron chi connectivity index (χ0n) is 19.1. The number of sulfonamides is 1. The molecule has 0 bridgehead atoms. The van der Waals surface area contributed by atoms with Crippen LogP contribution in [0.1, 0.15) is 22.5 Å². The van der Waals surface area contributed by atoms with E-state index in [1.807, 2.05) is 51.2 Å². The minimum atomic E-state index is -3.86. The summed E-state index contributed by atoms with van der Waals surface area (Å²) in [6.07, 6.45) is 2.48. The minimum Gasteiger partial charge on any atom is -0.361 e. The van der Waals surface area contributed by atoms with E-state index >= 15 is 0 Å². The number of hydrogen-bond donors (Lipinski definition) is 3. The van der Waals surface area contributed by atoms with E-state index in [0.717, 1.165) is 33.4 Å². The fraction of sp³-hybridized carbons (Fsp3) is 0.208. The molecule has 0 saturated carbocycles. The lowest BCUT2D eigenvalue weighted by Gasteiger charge is -2.13. The number of anilines is 1. The number of aromatic nitrogens is 3. The molecule has 10 heteroatoms. The highest BCUT2D eigenvalue weighted by atomic mass is 35.5. The average Bonchev–Trinajstić information content (AvgIpc) is 3.15. The van der Waals surface area contributed by atoms with Crippen molar-refractivity contribution in [1.29, 1.82) is 0 Å². The van der Waals surface area contributed by atoms with Gasteiger partial charge in [0.1, 0.15) is 0 Å². The Kier molecular flexibility index (Phi) is 6.85. The molecule has 0 aliphatic carbocycles. The second-order valence-corrected chi connectivity index (χ2v) is 10.1. The van der Waals surface area contributed by atoms with Crippen molar-refractivity contribution in [3.05, 3.63) is 82.3 Å². The summed E-state index contributed by atoms with van der Waals surface area (Å²) < 4.78 is 28.5. The standard InChI is InChI=1S/C24H25ClN6O2S/c1-15-4-7-20(8-5-15)34(32,33)31-23(30-24-28-16(2)12-17(3)29-24)26-11-10-18-14-27-22-9-6-19(25)13-21(18)22/h4-9,12-14,27H,10-11H2,1-3H3,(H2,26,28,29,30,31). The molecular weight excluding hydrogens is 472 g/mol. The van der Waals surface area contributed by atoms with E-state index < -0.39 is 10.0 Å². The van der Waals surface area contributed by atoms with Gasteiger partial charge in [-0.1, -0.05) is 29.3 Å². The molecule has 0 unspecified atom stereocenters. The second kappa shape index (κ2) is 9.82. The van der Waals surface area contributed by atoms with Gasteiger partial charge in [0.15, 0.2) is 0 Å². The highest BCUT2D eigenvalue weighted by Crippen LogP contribution is 2.22. The van der Waals surface area contributed by atoms with E-state index in [4.69, 9.17) is 11.6 Å². The molecule has 0 fully saturated rings. The van der Waals surface area contributed by atoms with Gasteiger partial charge in [0.2, 0.25) is 11.9 Å². The monoisotopic (exact) mass is 496 g/mol. The lowest BCUT2D eigenvalue weighted by molar-refractivity contribution is 0.592. The Labute approximate surface area is 203 Å². The molecule has 2 aromatic carbocycles. The Morgan fingerprint density at radius 2 is 1.74 bits per heavy atom. The molecule has 0 amide bonds. The fourth-order valence-corrected chi connectivity index (χ4v) is 4.69. The van der Waals surface area contributed by atoms with Gasteiger partial charge in [-0.15, -0.1) is 0 Å². The number of aliphatic imine (C=N–C) groups is 1. The first kappa shape index (κ1) is 23.7. The highest BCUT2D eigenvalue weighted by molar-refractivity contribution is 7.90. The van der Waals surface area contributed by atoms with Gasteiger partial charge in [-0.05, 0) is 69.2 Å². The summed E-state index contributed by atoms with van der Waals surface area (Å²) in [6.45, 7) is 5.90. The molecule has 4 rings (SSSR count). The van der Waals surface area contributed by atoms with Crippen molar-refractivity contribution in [3.63, 3.8) is 0 Å². The zero-order valence-corrected chi connectivity index (χ0v) is 20.6. The highest BCUT2D eigenvalue weighted by Gasteiger charge is 2.17. The van der Waals surface area contributed by atoms with Crippen LogP contribution in [0.5, 0.6) is 0 Å². The van der Waals surface area contributed by atoms with Gasteiger partial charge < -0.3 is 4.98 Å². The maximum absolute atomic E-state index is 13.0. The van der Waals surface area contributed by atoms with E-state index in [2.05, 4.69) is 30.0 Å². The summed E-state index contributed by atoms with van der Waals surface area (Å²) in [4.78, 5) is 16.5. The number of rotatable bonds is 6. The quantitative estimate of drug-likeness (QED) is 0.268. The molecule has 3 N–H and O–H groups in total. The molecule has 0 aliphatic rings. The number of aryl methyl sites for hydroxylation is 3. The SMILES string of the molecule is Cc1ccc(S(=O)(=O)NC(=NCCc2c[nH]c3ccc(Cl)cc23)Nc2nc(C)cc(C)n2)cc1. The average molecular weight is 497 g/mol. The van der Waals surface area contributed by atoms with Gasteiger partial charge in [0.25, 0.3) is 10.0 Å². The topological polar surface area (TPSA) is 112 Å². The first-order chi connectivity index (χ1) is 16.2. The second-order valence-electron chi connectivity index (χ2n) is 8.00. The van der Waals surface area contributed by atoms with Crippen molar-refractivity contribution >= 4 is 44.4 Å². The Morgan fingerprint density at radius 3 is 2.44 bits per heavy atom. The molecule has 2 aromatic heterocycles. The minimum absolute atomic E-state index is 0.0449. The van der Waals surface area contributed by atoms with Crippen molar-refractivity contribution < 1.29 is 8.42 Å². The zero-order chi connectivity index (χ0) is 24.3. The van der Waals surface area contributed by atoms with Gasteiger partial charge in [-0.2, -0.15) is 0 Å². The van der Waals surface area contributed by atoms with Crippen LogP contribution >= 0.6 is 11.6 Å². The number of nitrogens with one attached hydrogen (secondary N) is 3. The molecule has 0 spiro atoms. The summed E-state index contributed by atoms with van der Waals surface area (Å²) >= 11 is 6.15. The summed E-state index contributed by atoms with van der Waals surface area (Å²) in [5.41, 5.74) is 4.49. The number of benzene rings is 2. The van der Waals surface area contributed by atoms with E-state index in [1.54, 1.807) is 24.3 Å². The molecule has 0 aliphatic heterocycles. The van der Waals surface area contributed by atoms with Crippen molar-refractivity contribution in [2.75, 3.05) is 11.9 Å². The van der Waals surface area contributed by atoms with Gasteiger partial charge in [0, 0.05) is 40.1 Å². The van der Waals surface area contributed by atoms with Gasteiger partial charge >= 0.3 is 0 Å². The number of halogens is 1. The predicted molar refractivity (Wildman–Crippen MR) is 136 cm³/mol. The molecule has 8 nitrogen and oxygen atoms in total. The van der Waals surface area contributed by atoms with Gasteiger partial charge in [-0.25, -0.2) is 23.1 Å². The summed E-state index contributed by atoms with van der Waals surface area (Å²) in [7, 11) is -3.86. The van der Waals surface area contributed by atoms with E-state index in [1.165, 1.54) is 0 Å². The maximum atomic E-state index is 13.0. The van der Waals surface area contributed by atoms with Crippen LogP contribution in [0.15, 0.2) is 64.6 Å².